The number of benzene rings is 1. The number of anilines is 2. The molecule has 0 bridgehead atoms. The van der Waals surface area contributed by atoms with Crippen LogP contribution in [0.2, 0.25) is 0 Å². The van der Waals surface area contributed by atoms with Gasteiger partial charge < -0.3 is 10.0 Å². The lowest BCUT2D eigenvalue weighted by molar-refractivity contribution is 0.235. The van der Waals surface area contributed by atoms with Crippen LogP contribution in [-0.4, -0.2) is 51.1 Å². The van der Waals surface area contributed by atoms with Gasteiger partial charge in [-0.1, -0.05) is 12.1 Å². The number of hydrogen-bond donors (Lipinski definition) is 2. The fourth-order valence-electron chi connectivity index (χ4n) is 2.68. The van der Waals surface area contributed by atoms with E-state index in [9.17, 15) is 5.11 Å². The molecule has 1 saturated heterocycles. The van der Waals surface area contributed by atoms with Crippen molar-refractivity contribution in [2.45, 2.75) is 25.8 Å². The van der Waals surface area contributed by atoms with E-state index in [4.69, 9.17) is 0 Å². The number of hydrazine groups is 1. The topological polar surface area (TPSA) is 77.4 Å². The molecule has 23 heavy (non-hydrogen) atoms. The van der Waals surface area contributed by atoms with Gasteiger partial charge in [-0.15, -0.1) is 0 Å². The number of aromatic nitrogens is 3. The molecule has 2 heterocycles. The number of phenolic OH excluding ortho intramolecular Hbond substituents is 1. The van der Waals surface area contributed by atoms with Gasteiger partial charge in [-0.3, -0.25) is 0 Å². The van der Waals surface area contributed by atoms with Gasteiger partial charge in [-0.25, -0.2) is 15.4 Å². The van der Waals surface area contributed by atoms with E-state index in [0.29, 0.717) is 23.5 Å². The minimum atomic E-state index is 0.186. The maximum atomic E-state index is 10.2. The lowest BCUT2D eigenvalue weighted by Crippen LogP contribution is -2.48. The van der Waals surface area contributed by atoms with Gasteiger partial charge >= 0.3 is 0 Å². The maximum Gasteiger partial charge on any atom is 0.248 e. The molecular formula is C16H22N6O. The molecule has 0 saturated carbocycles. The first kappa shape index (κ1) is 15.6. The first-order chi connectivity index (χ1) is 11.1. The normalized spacial score (nSPS) is 16.4. The van der Waals surface area contributed by atoms with Crippen LogP contribution < -0.4 is 10.4 Å². The van der Waals surface area contributed by atoms with Crippen LogP contribution in [0.3, 0.4) is 0 Å². The van der Waals surface area contributed by atoms with Gasteiger partial charge in [0.2, 0.25) is 5.95 Å². The molecule has 1 fully saturated rings. The number of phenols is 1. The van der Waals surface area contributed by atoms with Gasteiger partial charge in [-0.2, -0.15) is 9.97 Å². The Hall–Kier alpha value is -2.25. The fourth-order valence-corrected chi connectivity index (χ4v) is 2.68. The molecule has 122 valence electrons. The summed E-state index contributed by atoms with van der Waals surface area (Å²) < 4.78 is 0. The number of aromatic hydroxyl groups is 1. The van der Waals surface area contributed by atoms with Crippen LogP contribution in [0.4, 0.5) is 11.6 Å². The van der Waals surface area contributed by atoms with E-state index >= 15 is 0 Å². The van der Waals surface area contributed by atoms with E-state index in [0.717, 1.165) is 25.9 Å². The first-order valence-electron chi connectivity index (χ1n) is 7.82. The summed E-state index contributed by atoms with van der Waals surface area (Å²) in [6.07, 6.45) is 3.55. The summed E-state index contributed by atoms with van der Waals surface area (Å²) in [7, 11) is 2.13. The molecule has 2 N–H and O–H groups in total. The van der Waals surface area contributed by atoms with Crippen molar-refractivity contribution in [3.63, 3.8) is 0 Å². The summed E-state index contributed by atoms with van der Waals surface area (Å²) in [5.74, 6) is 1.31. The Balaban J connectivity index is 1.89. The van der Waals surface area contributed by atoms with Crippen LogP contribution in [0.1, 0.15) is 18.7 Å². The van der Waals surface area contributed by atoms with E-state index < -0.39 is 0 Å². The summed E-state index contributed by atoms with van der Waals surface area (Å²) >= 11 is 0. The van der Waals surface area contributed by atoms with Crippen LogP contribution in [0.25, 0.3) is 0 Å². The standard InChI is InChI=1S/C16H22N6O/c1-12-17-11-18-16(19-12)22(14-5-3-4-6-15(14)23)20-13-7-9-21(2)10-8-13/h3-6,11,13,20,23H,7-10H2,1-2H3. The fraction of sp³-hybridized carbons (Fsp3) is 0.438. The van der Waals surface area contributed by atoms with Crippen LogP contribution in [-0.2, 0) is 0 Å². The smallest absolute Gasteiger partial charge is 0.248 e. The lowest BCUT2D eigenvalue weighted by Gasteiger charge is -2.34. The quantitative estimate of drug-likeness (QED) is 0.830. The number of nitrogens with zero attached hydrogens (tertiary/aromatic N) is 5. The molecule has 2 aromatic rings. The monoisotopic (exact) mass is 314 g/mol. The third-order valence-electron chi connectivity index (χ3n) is 4.03. The molecule has 7 heteroatoms. The summed E-state index contributed by atoms with van der Waals surface area (Å²) in [4.78, 5) is 15.0. The number of aryl methyl sites for hydroxylation is 1. The van der Waals surface area contributed by atoms with Gasteiger partial charge in [0.1, 0.15) is 23.6 Å². The van der Waals surface area contributed by atoms with Gasteiger partial charge in [0, 0.05) is 6.04 Å². The van der Waals surface area contributed by atoms with E-state index in [-0.39, 0.29) is 5.75 Å². The van der Waals surface area contributed by atoms with E-state index in [1.165, 1.54) is 6.33 Å². The molecule has 0 unspecified atom stereocenters. The second-order valence-corrected chi connectivity index (χ2v) is 5.86. The molecule has 0 aliphatic carbocycles. The molecule has 0 atom stereocenters. The zero-order chi connectivity index (χ0) is 16.2. The highest BCUT2D eigenvalue weighted by Crippen LogP contribution is 2.30. The van der Waals surface area contributed by atoms with Crippen molar-refractivity contribution >= 4 is 11.6 Å². The zero-order valence-corrected chi connectivity index (χ0v) is 13.5. The Morgan fingerprint density at radius 3 is 2.65 bits per heavy atom. The van der Waals surface area contributed by atoms with Crippen LogP contribution >= 0.6 is 0 Å². The zero-order valence-electron chi connectivity index (χ0n) is 13.5. The molecule has 0 amide bonds. The Labute approximate surface area is 136 Å². The number of likely N-dealkylation sites (tertiary alicyclic amines) is 1. The third kappa shape index (κ3) is 3.75. The molecule has 0 radical (unpaired) electrons. The van der Waals surface area contributed by atoms with Gasteiger partial charge in [0.15, 0.2) is 0 Å². The van der Waals surface area contributed by atoms with E-state index in [2.05, 4.69) is 32.3 Å². The minimum Gasteiger partial charge on any atom is -0.506 e. The van der Waals surface area contributed by atoms with Gasteiger partial charge in [0.25, 0.3) is 0 Å². The van der Waals surface area contributed by atoms with E-state index in [1.54, 1.807) is 17.1 Å². The summed E-state index contributed by atoms with van der Waals surface area (Å²) in [6, 6.07) is 7.49. The second-order valence-electron chi connectivity index (χ2n) is 5.86. The molecule has 1 aliphatic heterocycles. The summed E-state index contributed by atoms with van der Waals surface area (Å²) in [5, 5.41) is 12.0. The average molecular weight is 314 g/mol. The number of nitrogens with one attached hydrogen (secondary N) is 1. The van der Waals surface area contributed by atoms with E-state index in [1.807, 2.05) is 19.1 Å². The van der Waals surface area contributed by atoms with Crippen molar-refractivity contribution in [2.24, 2.45) is 0 Å². The molecule has 1 aromatic carbocycles. The van der Waals surface area contributed by atoms with Gasteiger partial charge in [0.05, 0.1) is 0 Å². The second kappa shape index (κ2) is 6.89. The Morgan fingerprint density at radius 1 is 1.22 bits per heavy atom. The van der Waals surface area contributed by atoms with Crippen LogP contribution in [0.5, 0.6) is 5.75 Å². The highest BCUT2D eigenvalue weighted by Gasteiger charge is 2.23. The van der Waals surface area contributed by atoms with Crippen molar-refractivity contribution in [2.75, 3.05) is 25.1 Å². The molecule has 1 aliphatic rings. The Morgan fingerprint density at radius 2 is 1.96 bits per heavy atom. The van der Waals surface area contributed by atoms with Crippen molar-refractivity contribution in [3.05, 3.63) is 36.4 Å². The average Bonchev–Trinajstić information content (AvgIpc) is 2.55. The van der Waals surface area contributed by atoms with Crippen molar-refractivity contribution in [1.29, 1.82) is 0 Å². The number of hydrogen-bond acceptors (Lipinski definition) is 7. The Kier molecular flexibility index (Phi) is 4.68. The molecule has 7 nitrogen and oxygen atoms in total. The maximum absolute atomic E-state index is 10.2. The lowest BCUT2D eigenvalue weighted by atomic mass is 10.1. The Bertz CT molecular complexity index is 657. The third-order valence-corrected chi connectivity index (χ3v) is 4.03. The van der Waals surface area contributed by atoms with Crippen molar-refractivity contribution < 1.29 is 5.11 Å². The van der Waals surface area contributed by atoms with Crippen LogP contribution in [0.15, 0.2) is 30.6 Å². The first-order valence-corrected chi connectivity index (χ1v) is 7.82. The molecule has 0 spiro atoms. The number of rotatable bonds is 4. The number of para-hydroxylation sites is 2. The molecular weight excluding hydrogens is 292 g/mol. The number of piperidine rings is 1. The van der Waals surface area contributed by atoms with Crippen molar-refractivity contribution in [3.8, 4) is 5.75 Å². The molecule has 1 aromatic heterocycles. The highest BCUT2D eigenvalue weighted by atomic mass is 16.3. The summed E-state index contributed by atoms with van der Waals surface area (Å²) in [6.45, 7) is 3.91. The minimum absolute atomic E-state index is 0.186. The summed E-state index contributed by atoms with van der Waals surface area (Å²) in [5.41, 5.74) is 4.11. The largest absolute Gasteiger partial charge is 0.506 e. The SMILES string of the molecule is Cc1ncnc(N(NC2CCN(C)CC2)c2ccccc2O)n1. The predicted molar refractivity (Wildman–Crippen MR) is 88.5 cm³/mol. The predicted octanol–water partition coefficient (Wildman–Crippen LogP) is 1.62. The highest BCUT2D eigenvalue weighted by molar-refractivity contribution is 5.63. The van der Waals surface area contributed by atoms with Crippen LogP contribution in [0, 0.1) is 6.92 Å². The van der Waals surface area contributed by atoms with Crippen molar-refractivity contribution in [1.82, 2.24) is 25.3 Å². The van der Waals surface area contributed by atoms with Gasteiger partial charge in [-0.05, 0) is 52.0 Å². The molecule has 3 rings (SSSR count).